The summed E-state index contributed by atoms with van der Waals surface area (Å²) in [5, 5.41) is 5.79. The van der Waals surface area contributed by atoms with E-state index in [-0.39, 0.29) is 18.2 Å². The third kappa shape index (κ3) is 3.87. The van der Waals surface area contributed by atoms with E-state index in [0.29, 0.717) is 18.5 Å². The number of aryl methyl sites for hydroxylation is 1. The molecule has 1 fully saturated rings. The molecular formula is C25H24N4O3S. The van der Waals surface area contributed by atoms with Crippen LogP contribution < -0.4 is 5.32 Å². The normalized spacial score (nSPS) is 16.1. The van der Waals surface area contributed by atoms with Crippen LogP contribution in [-0.2, 0) is 17.8 Å². The molecule has 0 aliphatic carbocycles. The molecule has 1 saturated heterocycles. The number of aromatic nitrogens is 2. The van der Waals surface area contributed by atoms with E-state index in [1.165, 1.54) is 4.88 Å². The SMILES string of the molecule is Cc1cc(C(=O)CN2C(=O)NC(Cc3c[nH]c4ccccc34)C2=O)c(C)n1Cc1cccs1. The number of thiophene rings is 1. The first-order chi connectivity index (χ1) is 15.9. The van der Waals surface area contributed by atoms with E-state index in [2.05, 4.69) is 20.9 Å². The summed E-state index contributed by atoms with van der Waals surface area (Å²) in [6.45, 7) is 4.29. The molecule has 3 aromatic heterocycles. The van der Waals surface area contributed by atoms with Gasteiger partial charge in [0.1, 0.15) is 6.04 Å². The minimum atomic E-state index is -0.684. The fourth-order valence-corrected chi connectivity index (χ4v) is 5.19. The molecule has 33 heavy (non-hydrogen) atoms. The van der Waals surface area contributed by atoms with Crippen molar-refractivity contribution in [2.24, 2.45) is 0 Å². The van der Waals surface area contributed by atoms with Gasteiger partial charge in [-0.1, -0.05) is 24.3 Å². The average molecular weight is 461 g/mol. The molecule has 2 N–H and O–H groups in total. The molecule has 5 rings (SSSR count). The molecule has 1 unspecified atom stereocenters. The molecule has 0 bridgehead atoms. The van der Waals surface area contributed by atoms with Crippen LogP contribution in [0.25, 0.3) is 10.9 Å². The fraction of sp³-hybridized carbons (Fsp3) is 0.240. The number of rotatable bonds is 7. The molecule has 0 saturated carbocycles. The predicted octanol–water partition coefficient (Wildman–Crippen LogP) is 4.04. The first-order valence-electron chi connectivity index (χ1n) is 10.8. The second-order valence-corrected chi connectivity index (χ2v) is 9.40. The number of aromatic amines is 1. The van der Waals surface area contributed by atoms with Crippen LogP contribution in [-0.4, -0.2) is 44.8 Å². The van der Waals surface area contributed by atoms with Crippen LogP contribution in [0.3, 0.4) is 0 Å². The number of urea groups is 1. The molecule has 3 amide bonds. The lowest BCUT2D eigenvalue weighted by atomic mass is 10.0. The summed E-state index contributed by atoms with van der Waals surface area (Å²) in [5.41, 5.74) is 4.29. The maximum absolute atomic E-state index is 13.1. The van der Waals surface area contributed by atoms with Crippen molar-refractivity contribution >= 4 is 40.0 Å². The zero-order chi connectivity index (χ0) is 23.1. The molecule has 1 aromatic carbocycles. The van der Waals surface area contributed by atoms with E-state index in [9.17, 15) is 14.4 Å². The number of amides is 3. The minimum Gasteiger partial charge on any atom is -0.361 e. The van der Waals surface area contributed by atoms with Crippen LogP contribution in [0.15, 0.2) is 54.0 Å². The number of fused-ring (bicyclic) bond motifs is 1. The topological polar surface area (TPSA) is 87.2 Å². The summed E-state index contributed by atoms with van der Waals surface area (Å²) in [6.07, 6.45) is 2.23. The molecule has 1 atom stereocenters. The Kier molecular flexibility index (Phi) is 5.38. The van der Waals surface area contributed by atoms with E-state index in [1.807, 2.05) is 61.8 Å². The second kappa shape index (κ2) is 8.37. The maximum atomic E-state index is 13.1. The molecule has 0 spiro atoms. The van der Waals surface area contributed by atoms with Crippen LogP contribution in [0.1, 0.15) is 32.2 Å². The predicted molar refractivity (Wildman–Crippen MR) is 128 cm³/mol. The summed E-state index contributed by atoms with van der Waals surface area (Å²) in [5.74, 6) is -0.609. The number of nitrogens with one attached hydrogen (secondary N) is 2. The number of hydrogen-bond donors (Lipinski definition) is 2. The Morgan fingerprint density at radius 1 is 1.12 bits per heavy atom. The van der Waals surface area contributed by atoms with Gasteiger partial charge in [0.15, 0.2) is 5.78 Å². The standard InChI is InChI=1S/C25H24N4O3S/c1-15-10-20(16(2)28(15)13-18-6-5-9-33-18)23(30)14-29-24(31)22(27-25(29)32)11-17-12-26-21-8-4-3-7-19(17)21/h3-10,12,22,26H,11,13-14H2,1-2H3,(H,27,32). The molecule has 1 aliphatic heterocycles. The summed E-state index contributed by atoms with van der Waals surface area (Å²) in [4.78, 5) is 44.1. The molecular weight excluding hydrogens is 436 g/mol. The van der Waals surface area contributed by atoms with E-state index in [4.69, 9.17) is 0 Å². The number of H-pyrrole nitrogens is 1. The number of Topliss-reactive ketones (excluding diaryl/α,β-unsaturated/α-hetero) is 1. The molecule has 8 heteroatoms. The Labute approximate surface area is 195 Å². The molecule has 4 heterocycles. The third-order valence-corrected chi connectivity index (χ3v) is 7.14. The van der Waals surface area contributed by atoms with Gasteiger partial charge in [-0.3, -0.25) is 14.5 Å². The summed E-state index contributed by atoms with van der Waals surface area (Å²) in [7, 11) is 0. The van der Waals surface area contributed by atoms with Gasteiger partial charge in [0.2, 0.25) is 0 Å². The van der Waals surface area contributed by atoms with Gasteiger partial charge >= 0.3 is 6.03 Å². The highest BCUT2D eigenvalue weighted by Gasteiger charge is 2.39. The van der Waals surface area contributed by atoms with Crippen molar-refractivity contribution in [2.45, 2.75) is 32.9 Å². The van der Waals surface area contributed by atoms with Gasteiger partial charge in [0.05, 0.1) is 13.1 Å². The van der Waals surface area contributed by atoms with E-state index in [0.717, 1.165) is 32.8 Å². The lowest BCUT2D eigenvalue weighted by molar-refractivity contribution is -0.127. The Hall–Kier alpha value is -3.65. The highest BCUT2D eigenvalue weighted by molar-refractivity contribution is 7.09. The summed E-state index contributed by atoms with van der Waals surface area (Å²) >= 11 is 1.67. The van der Waals surface area contributed by atoms with Crippen LogP contribution in [0.2, 0.25) is 0 Å². The molecule has 7 nitrogen and oxygen atoms in total. The highest BCUT2D eigenvalue weighted by Crippen LogP contribution is 2.23. The van der Waals surface area contributed by atoms with Gasteiger partial charge < -0.3 is 14.9 Å². The Morgan fingerprint density at radius 3 is 2.73 bits per heavy atom. The van der Waals surface area contributed by atoms with Crippen molar-refractivity contribution < 1.29 is 14.4 Å². The minimum absolute atomic E-state index is 0.239. The van der Waals surface area contributed by atoms with E-state index >= 15 is 0 Å². The summed E-state index contributed by atoms with van der Waals surface area (Å²) < 4.78 is 2.09. The van der Waals surface area contributed by atoms with Crippen molar-refractivity contribution in [3.8, 4) is 0 Å². The number of nitrogens with zero attached hydrogens (tertiary/aromatic N) is 2. The van der Waals surface area contributed by atoms with Gasteiger partial charge in [-0.05, 0) is 43.0 Å². The van der Waals surface area contributed by atoms with E-state index in [1.54, 1.807) is 11.3 Å². The van der Waals surface area contributed by atoms with Crippen molar-refractivity contribution in [2.75, 3.05) is 6.54 Å². The average Bonchev–Trinajstić information content (AvgIpc) is 3.57. The van der Waals surface area contributed by atoms with Gasteiger partial charge in [0, 0.05) is 45.3 Å². The molecule has 1 aliphatic rings. The van der Waals surface area contributed by atoms with Gasteiger partial charge in [0.25, 0.3) is 5.91 Å². The number of benzene rings is 1. The fourth-order valence-electron chi connectivity index (χ4n) is 4.50. The third-order valence-electron chi connectivity index (χ3n) is 6.28. The van der Waals surface area contributed by atoms with Crippen molar-refractivity contribution in [1.82, 2.24) is 19.8 Å². The zero-order valence-electron chi connectivity index (χ0n) is 18.4. The first-order valence-corrected chi connectivity index (χ1v) is 11.7. The Bertz CT molecular complexity index is 1370. The first kappa shape index (κ1) is 21.2. The lowest BCUT2D eigenvalue weighted by Gasteiger charge is -2.13. The molecule has 4 aromatic rings. The zero-order valence-corrected chi connectivity index (χ0v) is 19.2. The Morgan fingerprint density at radius 2 is 1.94 bits per heavy atom. The van der Waals surface area contributed by atoms with Gasteiger partial charge in [-0.2, -0.15) is 0 Å². The van der Waals surface area contributed by atoms with Crippen molar-refractivity contribution in [1.29, 1.82) is 0 Å². The second-order valence-electron chi connectivity index (χ2n) is 8.36. The van der Waals surface area contributed by atoms with Crippen molar-refractivity contribution in [3.63, 3.8) is 0 Å². The number of imide groups is 1. The number of hydrogen-bond acceptors (Lipinski definition) is 4. The van der Waals surface area contributed by atoms with Crippen molar-refractivity contribution in [3.05, 3.63) is 81.4 Å². The molecule has 0 radical (unpaired) electrons. The Balaban J connectivity index is 1.31. The largest absolute Gasteiger partial charge is 0.361 e. The number of ketones is 1. The quantitative estimate of drug-likeness (QED) is 0.322. The number of para-hydroxylation sites is 1. The summed E-state index contributed by atoms with van der Waals surface area (Å²) in [6, 6.07) is 12.5. The number of carbonyl (C=O) groups excluding carboxylic acids is 3. The highest BCUT2D eigenvalue weighted by atomic mass is 32.1. The van der Waals surface area contributed by atoms with Crippen LogP contribution in [0.5, 0.6) is 0 Å². The molecule has 168 valence electrons. The van der Waals surface area contributed by atoms with Crippen LogP contribution >= 0.6 is 11.3 Å². The van der Waals surface area contributed by atoms with Gasteiger partial charge in [-0.25, -0.2) is 4.79 Å². The van der Waals surface area contributed by atoms with E-state index < -0.39 is 12.1 Å². The maximum Gasteiger partial charge on any atom is 0.325 e. The lowest BCUT2D eigenvalue weighted by Crippen LogP contribution is -2.36. The number of carbonyl (C=O) groups is 3. The van der Waals surface area contributed by atoms with Crippen LogP contribution in [0, 0.1) is 13.8 Å². The van der Waals surface area contributed by atoms with Gasteiger partial charge in [-0.15, -0.1) is 11.3 Å². The van der Waals surface area contributed by atoms with Crippen LogP contribution in [0.4, 0.5) is 4.79 Å². The monoisotopic (exact) mass is 460 g/mol. The smallest absolute Gasteiger partial charge is 0.325 e.